The maximum Gasteiger partial charge on any atom is 0.0609 e. The molecule has 1 aliphatic rings. The summed E-state index contributed by atoms with van der Waals surface area (Å²) in [5, 5.41) is 0. The standard InChI is InChI=1S/C17H21N3/c1-2-12-7-4-11-20-17(12)15(18)14-9-3-6-13-8-5-10-19-16(13)14/h4-5,7-8,10-11,14-15H,2-3,6,9,18H2,1H3. The van der Waals surface area contributed by atoms with Crippen molar-refractivity contribution in [1.82, 2.24) is 9.97 Å². The van der Waals surface area contributed by atoms with Crippen LogP contribution >= 0.6 is 0 Å². The zero-order valence-electron chi connectivity index (χ0n) is 11.9. The molecule has 0 aromatic carbocycles. The number of pyridine rings is 2. The lowest BCUT2D eigenvalue weighted by Crippen LogP contribution is -2.26. The highest BCUT2D eigenvalue weighted by atomic mass is 14.8. The molecule has 2 N–H and O–H groups in total. The summed E-state index contributed by atoms with van der Waals surface area (Å²) in [5.41, 5.74) is 11.4. The third-order valence-corrected chi connectivity index (χ3v) is 4.29. The molecule has 0 spiro atoms. The average Bonchev–Trinajstić information content (AvgIpc) is 2.53. The van der Waals surface area contributed by atoms with Gasteiger partial charge in [-0.3, -0.25) is 9.97 Å². The highest BCUT2D eigenvalue weighted by Gasteiger charge is 2.29. The van der Waals surface area contributed by atoms with E-state index in [9.17, 15) is 0 Å². The second-order valence-electron chi connectivity index (χ2n) is 5.47. The van der Waals surface area contributed by atoms with E-state index in [0.717, 1.165) is 25.0 Å². The van der Waals surface area contributed by atoms with Crippen molar-refractivity contribution >= 4 is 0 Å². The van der Waals surface area contributed by atoms with Crippen LogP contribution in [0.1, 0.15) is 54.2 Å². The van der Waals surface area contributed by atoms with Gasteiger partial charge in [0.25, 0.3) is 0 Å². The number of aromatic nitrogens is 2. The molecule has 20 heavy (non-hydrogen) atoms. The van der Waals surface area contributed by atoms with Crippen LogP contribution in [-0.2, 0) is 12.8 Å². The van der Waals surface area contributed by atoms with Gasteiger partial charge in [-0.1, -0.05) is 19.1 Å². The average molecular weight is 267 g/mol. The number of hydrogen-bond donors (Lipinski definition) is 1. The third-order valence-electron chi connectivity index (χ3n) is 4.29. The summed E-state index contributed by atoms with van der Waals surface area (Å²) in [7, 11) is 0. The van der Waals surface area contributed by atoms with E-state index in [4.69, 9.17) is 5.73 Å². The summed E-state index contributed by atoms with van der Waals surface area (Å²) in [6.45, 7) is 2.15. The first-order chi connectivity index (χ1) is 9.81. The van der Waals surface area contributed by atoms with Crippen LogP contribution in [0.25, 0.3) is 0 Å². The molecule has 0 saturated carbocycles. The lowest BCUT2D eigenvalue weighted by molar-refractivity contribution is 0.454. The summed E-state index contributed by atoms with van der Waals surface area (Å²) < 4.78 is 0. The van der Waals surface area contributed by atoms with Gasteiger partial charge in [0, 0.05) is 24.0 Å². The van der Waals surface area contributed by atoms with E-state index < -0.39 is 0 Å². The topological polar surface area (TPSA) is 51.8 Å². The Bertz CT molecular complexity index is 594. The van der Waals surface area contributed by atoms with E-state index in [1.807, 2.05) is 24.5 Å². The quantitative estimate of drug-likeness (QED) is 0.929. The fraction of sp³-hybridized carbons (Fsp3) is 0.412. The monoisotopic (exact) mass is 267 g/mol. The lowest BCUT2D eigenvalue weighted by Gasteiger charge is -2.29. The fourth-order valence-electron chi connectivity index (χ4n) is 3.24. The van der Waals surface area contributed by atoms with Gasteiger partial charge in [-0.2, -0.15) is 0 Å². The van der Waals surface area contributed by atoms with Crippen LogP contribution in [0, 0.1) is 0 Å². The largest absolute Gasteiger partial charge is 0.322 e. The Hall–Kier alpha value is -1.74. The fourth-order valence-corrected chi connectivity index (χ4v) is 3.24. The van der Waals surface area contributed by atoms with Crippen LogP contribution in [0.4, 0.5) is 0 Å². The Morgan fingerprint density at radius 2 is 2.05 bits per heavy atom. The number of nitrogens with two attached hydrogens (primary N) is 1. The molecule has 1 aliphatic carbocycles. The Morgan fingerprint density at radius 3 is 2.90 bits per heavy atom. The molecule has 3 nitrogen and oxygen atoms in total. The Labute approximate surface area is 120 Å². The molecule has 0 radical (unpaired) electrons. The van der Waals surface area contributed by atoms with Crippen molar-refractivity contribution < 1.29 is 0 Å². The molecule has 0 amide bonds. The van der Waals surface area contributed by atoms with Crippen molar-refractivity contribution in [2.24, 2.45) is 5.73 Å². The van der Waals surface area contributed by atoms with Crippen molar-refractivity contribution in [2.45, 2.75) is 44.6 Å². The van der Waals surface area contributed by atoms with Crippen molar-refractivity contribution in [3.05, 3.63) is 59.2 Å². The zero-order valence-corrected chi connectivity index (χ0v) is 11.9. The van der Waals surface area contributed by atoms with E-state index in [1.165, 1.54) is 23.2 Å². The molecule has 104 valence electrons. The van der Waals surface area contributed by atoms with Gasteiger partial charge in [0.05, 0.1) is 11.7 Å². The molecule has 3 rings (SSSR count). The van der Waals surface area contributed by atoms with Crippen LogP contribution in [-0.4, -0.2) is 9.97 Å². The first-order valence-electron chi connectivity index (χ1n) is 7.44. The zero-order chi connectivity index (χ0) is 13.9. The number of rotatable bonds is 3. The predicted molar refractivity (Wildman–Crippen MR) is 80.5 cm³/mol. The van der Waals surface area contributed by atoms with Gasteiger partial charge in [-0.05, 0) is 48.9 Å². The van der Waals surface area contributed by atoms with Gasteiger partial charge < -0.3 is 5.73 Å². The van der Waals surface area contributed by atoms with Crippen molar-refractivity contribution in [2.75, 3.05) is 0 Å². The van der Waals surface area contributed by atoms with Gasteiger partial charge in [-0.15, -0.1) is 0 Å². The summed E-state index contributed by atoms with van der Waals surface area (Å²) in [5.74, 6) is 0.292. The molecule has 2 heterocycles. The summed E-state index contributed by atoms with van der Waals surface area (Å²) in [4.78, 5) is 9.14. The van der Waals surface area contributed by atoms with Crippen LogP contribution in [0.5, 0.6) is 0 Å². The van der Waals surface area contributed by atoms with Crippen LogP contribution in [0.15, 0.2) is 36.7 Å². The minimum atomic E-state index is -0.0555. The van der Waals surface area contributed by atoms with Gasteiger partial charge in [-0.25, -0.2) is 0 Å². The smallest absolute Gasteiger partial charge is 0.0609 e. The minimum absolute atomic E-state index is 0.0555. The van der Waals surface area contributed by atoms with Gasteiger partial charge in [0.1, 0.15) is 0 Å². The molecule has 3 heteroatoms. The lowest BCUT2D eigenvalue weighted by atomic mass is 9.80. The normalized spacial score (nSPS) is 19.4. The molecular weight excluding hydrogens is 246 g/mol. The third kappa shape index (κ3) is 2.34. The molecule has 0 saturated heterocycles. The van der Waals surface area contributed by atoms with Crippen molar-refractivity contribution in [1.29, 1.82) is 0 Å². The van der Waals surface area contributed by atoms with Gasteiger partial charge in [0.2, 0.25) is 0 Å². The van der Waals surface area contributed by atoms with E-state index in [-0.39, 0.29) is 6.04 Å². The Kier molecular flexibility index (Phi) is 3.79. The molecule has 2 atom stereocenters. The highest BCUT2D eigenvalue weighted by molar-refractivity contribution is 5.31. The number of aryl methyl sites for hydroxylation is 2. The molecule has 0 fully saturated rings. The maximum atomic E-state index is 6.56. The first-order valence-corrected chi connectivity index (χ1v) is 7.44. The number of hydrogen-bond acceptors (Lipinski definition) is 3. The van der Waals surface area contributed by atoms with Crippen LogP contribution < -0.4 is 5.73 Å². The van der Waals surface area contributed by atoms with Gasteiger partial charge in [0.15, 0.2) is 0 Å². The predicted octanol–water partition coefficient (Wildman–Crippen LogP) is 3.16. The van der Waals surface area contributed by atoms with E-state index in [1.54, 1.807) is 0 Å². The Balaban J connectivity index is 1.97. The van der Waals surface area contributed by atoms with E-state index >= 15 is 0 Å². The van der Waals surface area contributed by atoms with Gasteiger partial charge >= 0.3 is 0 Å². The Morgan fingerprint density at radius 1 is 1.25 bits per heavy atom. The summed E-state index contributed by atoms with van der Waals surface area (Å²) in [6.07, 6.45) is 8.10. The highest BCUT2D eigenvalue weighted by Crippen LogP contribution is 2.38. The molecular formula is C17H21N3. The van der Waals surface area contributed by atoms with Crippen LogP contribution in [0.3, 0.4) is 0 Å². The van der Waals surface area contributed by atoms with Crippen LogP contribution in [0.2, 0.25) is 0 Å². The second kappa shape index (κ2) is 5.71. The van der Waals surface area contributed by atoms with E-state index in [0.29, 0.717) is 5.92 Å². The molecule has 2 aromatic heterocycles. The molecule has 2 unspecified atom stereocenters. The second-order valence-corrected chi connectivity index (χ2v) is 5.47. The maximum absolute atomic E-state index is 6.56. The van der Waals surface area contributed by atoms with Crippen molar-refractivity contribution in [3.63, 3.8) is 0 Å². The molecule has 0 aliphatic heterocycles. The van der Waals surface area contributed by atoms with Crippen molar-refractivity contribution in [3.8, 4) is 0 Å². The number of nitrogens with zero attached hydrogens (tertiary/aromatic N) is 2. The van der Waals surface area contributed by atoms with E-state index in [2.05, 4.69) is 29.0 Å². The molecule has 2 aromatic rings. The summed E-state index contributed by atoms with van der Waals surface area (Å²) >= 11 is 0. The SMILES string of the molecule is CCc1cccnc1C(N)C1CCCc2cccnc21. The minimum Gasteiger partial charge on any atom is -0.322 e. The summed E-state index contributed by atoms with van der Waals surface area (Å²) in [6, 6.07) is 8.26. The molecule has 0 bridgehead atoms. The number of fused-ring (bicyclic) bond motifs is 1. The first kappa shape index (κ1) is 13.3.